The maximum absolute atomic E-state index is 4.36. The summed E-state index contributed by atoms with van der Waals surface area (Å²) in [6.07, 6.45) is 5.88. The predicted molar refractivity (Wildman–Crippen MR) is 79.6 cm³/mol. The van der Waals surface area contributed by atoms with Crippen LogP contribution in [0.5, 0.6) is 0 Å². The maximum Gasteiger partial charge on any atom is 0.127 e. The highest BCUT2D eigenvalue weighted by Crippen LogP contribution is 2.13. The number of nitrogens with zero attached hydrogens (tertiary/aromatic N) is 4. The predicted octanol–water partition coefficient (Wildman–Crippen LogP) is 2.61. The molecule has 0 saturated heterocycles. The van der Waals surface area contributed by atoms with E-state index < -0.39 is 0 Å². The molecule has 2 rings (SSSR count). The van der Waals surface area contributed by atoms with E-state index in [9.17, 15) is 0 Å². The molecule has 0 atom stereocenters. The standard InChI is InChI=1S/C13H21N5.ClH/c1-10(2)8-18-9-12(7-16-18)6-14-13-11(3)5-15-17(13)4;/h5,7,9-10,14H,6,8H2,1-4H3;1H. The number of rotatable bonds is 5. The van der Waals surface area contributed by atoms with Crippen molar-refractivity contribution in [2.75, 3.05) is 5.32 Å². The maximum atomic E-state index is 4.36. The van der Waals surface area contributed by atoms with Crippen molar-refractivity contribution in [1.82, 2.24) is 19.6 Å². The largest absolute Gasteiger partial charge is 0.366 e. The summed E-state index contributed by atoms with van der Waals surface area (Å²) in [7, 11) is 1.94. The molecular weight excluding hydrogens is 262 g/mol. The Kier molecular flexibility index (Phi) is 5.42. The number of hydrogen-bond acceptors (Lipinski definition) is 3. The van der Waals surface area contributed by atoms with Crippen LogP contribution in [0.1, 0.15) is 25.0 Å². The molecule has 0 spiro atoms. The first kappa shape index (κ1) is 15.6. The third kappa shape index (κ3) is 3.99. The summed E-state index contributed by atoms with van der Waals surface area (Å²) in [5, 5.41) is 12.0. The SMILES string of the molecule is Cc1cnn(C)c1NCc1cnn(CC(C)C)c1.Cl. The van der Waals surface area contributed by atoms with E-state index in [1.807, 2.05) is 28.8 Å². The first-order valence-electron chi connectivity index (χ1n) is 6.30. The molecule has 0 aliphatic carbocycles. The lowest BCUT2D eigenvalue weighted by molar-refractivity contribution is 0.483. The fraction of sp³-hybridized carbons (Fsp3) is 0.538. The fourth-order valence-electron chi connectivity index (χ4n) is 1.96. The molecule has 0 aliphatic heterocycles. The molecular formula is C13H22ClN5. The van der Waals surface area contributed by atoms with E-state index in [0.717, 1.165) is 24.5 Å². The first-order chi connectivity index (χ1) is 8.56. The highest BCUT2D eigenvalue weighted by Gasteiger charge is 2.05. The summed E-state index contributed by atoms with van der Waals surface area (Å²) in [5.74, 6) is 1.68. The molecule has 2 heterocycles. The van der Waals surface area contributed by atoms with Crippen LogP contribution < -0.4 is 5.32 Å². The van der Waals surface area contributed by atoms with Gasteiger partial charge in [-0.3, -0.25) is 9.36 Å². The molecule has 0 aliphatic rings. The minimum absolute atomic E-state index is 0. The molecule has 0 aromatic carbocycles. The van der Waals surface area contributed by atoms with Crippen LogP contribution in [0, 0.1) is 12.8 Å². The van der Waals surface area contributed by atoms with Crippen LogP contribution >= 0.6 is 12.4 Å². The van der Waals surface area contributed by atoms with E-state index >= 15 is 0 Å². The van der Waals surface area contributed by atoms with Crippen LogP contribution in [0.3, 0.4) is 0 Å². The Hall–Kier alpha value is -1.49. The van der Waals surface area contributed by atoms with Gasteiger partial charge in [0.25, 0.3) is 0 Å². The molecule has 0 unspecified atom stereocenters. The van der Waals surface area contributed by atoms with Crippen molar-refractivity contribution < 1.29 is 0 Å². The van der Waals surface area contributed by atoms with Crippen LogP contribution in [0.4, 0.5) is 5.82 Å². The molecule has 0 saturated carbocycles. The van der Waals surface area contributed by atoms with Gasteiger partial charge in [-0.05, 0) is 12.8 Å². The molecule has 2 aromatic rings. The van der Waals surface area contributed by atoms with E-state index in [4.69, 9.17) is 0 Å². The van der Waals surface area contributed by atoms with Crippen LogP contribution in [0.15, 0.2) is 18.6 Å². The normalized spacial score (nSPS) is 10.6. The summed E-state index contributed by atoms with van der Waals surface area (Å²) in [5.41, 5.74) is 2.35. The molecule has 0 fully saturated rings. The van der Waals surface area contributed by atoms with Gasteiger partial charge in [-0.25, -0.2) is 0 Å². The number of nitrogens with one attached hydrogen (secondary N) is 1. The molecule has 2 aromatic heterocycles. The number of hydrogen-bond donors (Lipinski definition) is 1. The van der Waals surface area contributed by atoms with Crippen molar-refractivity contribution in [3.05, 3.63) is 29.7 Å². The lowest BCUT2D eigenvalue weighted by Gasteiger charge is -2.06. The van der Waals surface area contributed by atoms with E-state index in [1.165, 1.54) is 5.56 Å². The smallest absolute Gasteiger partial charge is 0.127 e. The third-order valence-electron chi connectivity index (χ3n) is 2.82. The molecule has 5 nitrogen and oxygen atoms in total. The van der Waals surface area contributed by atoms with Crippen molar-refractivity contribution in [3.8, 4) is 0 Å². The Morgan fingerprint density at radius 2 is 2.00 bits per heavy atom. The Morgan fingerprint density at radius 3 is 2.58 bits per heavy atom. The van der Waals surface area contributed by atoms with Gasteiger partial charge in [0.2, 0.25) is 0 Å². The summed E-state index contributed by atoms with van der Waals surface area (Å²) >= 11 is 0. The third-order valence-corrected chi connectivity index (χ3v) is 2.82. The molecule has 0 amide bonds. The zero-order valence-corrected chi connectivity index (χ0v) is 12.7. The second-order valence-corrected chi connectivity index (χ2v) is 5.12. The van der Waals surface area contributed by atoms with Crippen LogP contribution in [0.25, 0.3) is 0 Å². The van der Waals surface area contributed by atoms with Gasteiger partial charge in [-0.15, -0.1) is 12.4 Å². The first-order valence-corrected chi connectivity index (χ1v) is 6.30. The topological polar surface area (TPSA) is 47.7 Å². The van der Waals surface area contributed by atoms with Gasteiger partial charge in [-0.1, -0.05) is 13.8 Å². The lowest BCUT2D eigenvalue weighted by atomic mass is 10.2. The van der Waals surface area contributed by atoms with Crippen molar-refractivity contribution in [2.45, 2.75) is 33.9 Å². The van der Waals surface area contributed by atoms with E-state index in [0.29, 0.717) is 5.92 Å². The van der Waals surface area contributed by atoms with Gasteiger partial charge < -0.3 is 5.32 Å². The lowest BCUT2D eigenvalue weighted by Crippen LogP contribution is -2.06. The number of aryl methyl sites for hydroxylation is 2. The van der Waals surface area contributed by atoms with Crippen LogP contribution in [0.2, 0.25) is 0 Å². The highest BCUT2D eigenvalue weighted by molar-refractivity contribution is 5.85. The van der Waals surface area contributed by atoms with Crippen LogP contribution in [-0.2, 0) is 20.1 Å². The Labute approximate surface area is 120 Å². The van der Waals surface area contributed by atoms with Gasteiger partial charge in [0, 0.05) is 37.5 Å². The van der Waals surface area contributed by atoms with E-state index in [1.54, 1.807) is 0 Å². The number of aromatic nitrogens is 4. The van der Waals surface area contributed by atoms with Gasteiger partial charge in [0.05, 0.1) is 12.4 Å². The fourth-order valence-corrected chi connectivity index (χ4v) is 1.96. The van der Waals surface area contributed by atoms with Crippen LogP contribution in [-0.4, -0.2) is 19.6 Å². The Bertz CT molecular complexity index is 495. The Balaban J connectivity index is 0.00000180. The second kappa shape index (κ2) is 6.61. The molecule has 0 radical (unpaired) electrons. The van der Waals surface area contributed by atoms with Crippen molar-refractivity contribution in [3.63, 3.8) is 0 Å². The molecule has 19 heavy (non-hydrogen) atoms. The van der Waals surface area contributed by atoms with Gasteiger partial charge in [-0.2, -0.15) is 10.2 Å². The van der Waals surface area contributed by atoms with Gasteiger partial charge >= 0.3 is 0 Å². The van der Waals surface area contributed by atoms with Gasteiger partial charge in [0.15, 0.2) is 0 Å². The summed E-state index contributed by atoms with van der Waals surface area (Å²) < 4.78 is 3.85. The molecule has 106 valence electrons. The highest BCUT2D eigenvalue weighted by atomic mass is 35.5. The van der Waals surface area contributed by atoms with Crippen molar-refractivity contribution >= 4 is 18.2 Å². The average Bonchev–Trinajstić information content (AvgIpc) is 2.84. The zero-order chi connectivity index (χ0) is 13.1. The van der Waals surface area contributed by atoms with E-state index in [-0.39, 0.29) is 12.4 Å². The number of anilines is 1. The van der Waals surface area contributed by atoms with E-state index in [2.05, 4.69) is 42.5 Å². The summed E-state index contributed by atoms with van der Waals surface area (Å²) in [6.45, 7) is 8.18. The quantitative estimate of drug-likeness (QED) is 0.918. The van der Waals surface area contributed by atoms with Gasteiger partial charge in [0.1, 0.15) is 5.82 Å². The minimum Gasteiger partial charge on any atom is -0.366 e. The second-order valence-electron chi connectivity index (χ2n) is 5.12. The minimum atomic E-state index is 0. The molecule has 1 N–H and O–H groups in total. The average molecular weight is 284 g/mol. The molecule has 0 bridgehead atoms. The summed E-state index contributed by atoms with van der Waals surface area (Å²) in [6, 6.07) is 0. The molecule has 6 heteroatoms. The number of halogens is 1. The van der Waals surface area contributed by atoms with Crippen molar-refractivity contribution in [2.24, 2.45) is 13.0 Å². The Morgan fingerprint density at radius 1 is 1.26 bits per heavy atom. The monoisotopic (exact) mass is 283 g/mol. The van der Waals surface area contributed by atoms with Crippen molar-refractivity contribution in [1.29, 1.82) is 0 Å². The summed E-state index contributed by atoms with van der Waals surface area (Å²) in [4.78, 5) is 0. The zero-order valence-electron chi connectivity index (χ0n) is 11.9.